The molecule has 0 saturated heterocycles. The summed E-state index contributed by atoms with van der Waals surface area (Å²) >= 11 is 5.76. The molecular weight excluding hydrogens is 318 g/mol. The van der Waals surface area contributed by atoms with Crippen molar-refractivity contribution in [3.63, 3.8) is 0 Å². The first-order valence-electron chi connectivity index (χ1n) is 6.97. The Bertz CT molecular complexity index is 673. The monoisotopic (exact) mass is 333 g/mol. The number of anilines is 1. The second-order valence-electron chi connectivity index (χ2n) is 4.89. The Morgan fingerprint density at radius 1 is 1.09 bits per heavy atom. The highest BCUT2D eigenvalue weighted by Gasteiger charge is 2.24. The van der Waals surface area contributed by atoms with Gasteiger partial charge in [0.15, 0.2) is 12.2 Å². The number of rotatable bonds is 5. The molecule has 0 aliphatic carbocycles. The Labute approximate surface area is 138 Å². The molecule has 0 bridgehead atoms. The van der Waals surface area contributed by atoms with Crippen LogP contribution >= 0.6 is 11.6 Å². The molecule has 6 heteroatoms. The molecule has 2 aromatic rings. The minimum atomic E-state index is -1.43. The van der Waals surface area contributed by atoms with Gasteiger partial charge in [0.2, 0.25) is 0 Å². The molecule has 23 heavy (non-hydrogen) atoms. The van der Waals surface area contributed by atoms with Crippen molar-refractivity contribution in [2.24, 2.45) is 0 Å². The predicted octanol–water partition coefficient (Wildman–Crippen LogP) is 2.94. The number of aliphatic hydroxyl groups is 1. The van der Waals surface area contributed by atoms with E-state index in [1.807, 2.05) is 0 Å². The van der Waals surface area contributed by atoms with E-state index in [1.54, 1.807) is 54.6 Å². The zero-order valence-corrected chi connectivity index (χ0v) is 13.2. The summed E-state index contributed by atoms with van der Waals surface area (Å²) < 4.78 is 5.00. The topological polar surface area (TPSA) is 75.6 Å². The number of halogens is 1. The Morgan fingerprint density at radius 2 is 1.70 bits per heavy atom. The number of nitrogens with one attached hydrogen (secondary N) is 1. The largest absolute Gasteiger partial charge is 0.450 e. The summed E-state index contributed by atoms with van der Waals surface area (Å²) in [6.45, 7) is 1.43. The highest BCUT2D eigenvalue weighted by molar-refractivity contribution is 6.30. The maximum Gasteiger partial charge on any atom is 0.340 e. The van der Waals surface area contributed by atoms with E-state index in [0.29, 0.717) is 16.3 Å². The minimum Gasteiger partial charge on any atom is -0.450 e. The van der Waals surface area contributed by atoms with Gasteiger partial charge < -0.3 is 15.2 Å². The minimum absolute atomic E-state index is 0.405. The molecule has 0 aliphatic heterocycles. The number of amides is 1. The van der Waals surface area contributed by atoms with Gasteiger partial charge in [-0.05, 0) is 36.8 Å². The second kappa shape index (κ2) is 7.76. The van der Waals surface area contributed by atoms with Gasteiger partial charge in [0.1, 0.15) is 0 Å². The molecule has 1 amide bonds. The van der Waals surface area contributed by atoms with Crippen molar-refractivity contribution in [2.45, 2.75) is 19.1 Å². The van der Waals surface area contributed by atoms with Crippen molar-refractivity contribution in [3.05, 3.63) is 65.2 Å². The van der Waals surface area contributed by atoms with Crippen molar-refractivity contribution in [1.82, 2.24) is 0 Å². The van der Waals surface area contributed by atoms with Gasteiger partial charge in [-0.1, -0.05) is 41.9 Å². The molecule has 120 valence electrons. The fourth-order valence-electron chi connectivity index (χ4n) is 1.84. The highest BCUT2D eigenvalue weighted by Crippen LogP contribution is 2.16. The number of aliphatic hydroxyl groups excluding tert-OH is 1. The number of esters is 1. The zero-order chi connectivity index (χ0) is 16.8. The molecule has 2 rings (SSSR count). The van der Waals surface area contributed by atoms with Gasteiger partial charge >= 0.3 is 5.97 Å². The van der Waals surface area contributed by atoms with Crippen LogP contribution in [0, 0.1) is 0 Å². The van der Waals surface area contributed by atoms with E-state index in [2.05, 4.69) is 5.32 Å². The van der Waals surface area contributed by atoms with E-state index >= 15 is 0 Å². The lowest BCUT2D eigenvalue weighted by molar-refractivity contribution is -0.162. The van der Waals surface area contributed by atoms with Gasteiger partial charge in [0.25, 0.3) is 5.91 Å². The predicted molar refractivity (Wildman–Crippen MR) is 87.0 cm³/mol. The van der Waals surface area contributed by atoms with Crippen LogP contribution in [0.5, 0.6) is 0 Å². The van der Waals surface area contributed by atoms with Crippen LogP contribution in [0.4, 0.5) is 5.69 Å². The Kier molecular flexibility index (Phi) is 5.73. The molecule has 0 spiro atoms. The van der Waals surface area contributed by atoms with E-state index < -0.39 is 24.1 Å². The quantitative estimate of drug-likeness (QED) is 0.825. The van der Waals surface area contributed by atoms with Crippen molar-refractivity contribution in [1.29, 1.82) is 0 Å². The molecule has 0 saturated carbocycles. The third kappa shape index (κ3) is 4.81. The summed E-state index contributed by atoms with van der Waals surface area (Å²) in [5.41, 5.74) is 0.939. The van der Waals surface area contributed by atoms with Crippen LogP contribution < -0.4 is 5.32 Å². The number of hydrogen-bond acceptors (Lipinski definition) is 4. The maximum absolute atomic E-state index is 12.0. The summed E-state index contributed by atoms with van der Waals surface area (Å²) in [7, 11) is 0. The summed E-state index contributed by atoms with van der Waals surface area (Å²) in [4.78, 5) is 23.9. The number of benzene rings is 2. The molecule has 0 heterocycles. The molecule has 2 atom stereocenters. The van der Waals surface area contributed by atoms with E-state index in [-0.39, 0.29) is 0 Å². The van der Waals surface area contributed by atoms with Gasteiger partial charge in [-0.25, -0.2) is 4.79 Å². The van der Waals surface area contributed by atoms with Crippen LogP contribution in [0.15, 0.2) is 54.6 Å². The molecule has 0 radical (unpaired) electrons. The van der Waals surface area contributed by atoms with E-state index in [9.17, 15) is 14.7 Å². The Hall–Kier alpha value is -2.37. The fourth-order valence-corrected chi connectivity index (χ4v) is 1.97. The lowest BCUT2D eigenvalue weighted by atomic mass is 10.1. The van der Waals surface area contributed by atoms with Gasteiger partial charge in [-0.2, -0.15) is 0 Å². The van der Waals surface area contributed by atoms with E-state index in [1.165, 1.54) is 6.92 Å². The molecular formula is C17H16ClNO4. The molecule has 2 aromatic carbocycles. The van der Waals surface area contributed by atoms with Crippen molar-refractivity contribution in [2.75, 3.05) is 5.32 Å². The molecule has 5 nitrogen and oxygen atoms in total. The number of hydrogen-bond donors (Lipinski definition) is 2. The SMILES string of the molecule is C[C@@H](OC(=O)[C@H](O)c1ccccc1)C(=O)Nc1ccc(Cl)cc1. The van der Waals surface area contributed by atoms with Gasteiger partial charge in [0, 0.05) is 10.7 Å². The molecule has 0 aromatic heterocycles. The van der Waals surface area contributed by atoms with Crippen LogP contribution in [0.2, 0.25) is 5.02 Å². The van der Waals surface area contributed by atoms with Crippen LogP contribution in [-0.2, 0) is 14.3 Å². The van der Waals surface area contributed by atoms with Crippen LogP contribution in [0.25, 0.3) is 0 Å². The fraction of sp³-hybridized carbons (Fsp3) is 0.176. The number of carbonyl (C=O) groups excluding carboxylic acids is 2. The first-order valence-corrected chi connectivity index (χ1v) is 7.35. The van der Waals surface area contributed by atoms with Gasteiger partial charge in [-0.15, -0.1) is 0 Å². The number of ether oxygens (including phenoxy) is 1. The smallest absolute Gasteiger partial charge is 0.340 e. The molecule has 0 fully saturated rings. The van der Waals surface area contributed by atoms with Crippen LogP contribution in [0.1, 0.15) is 18.6 Å². The average Bonchev–Trinajstić information content (AvgIpc) is 2.56. The third-order valence-electron chi connectivity index (χ3n) is 3.11. The first-order chi connectivity index (χ1) is 11.0. The van der Waals surface area contributed by atoms with E-state index in [0.717, 1.165) is 0 Å². The Balaban J connectivity index is 1.92. The summed E-state index contributed by atoms with van der Waals surface area (Å²) in [5, 5.41) is 13.1. The standard InChI is InChI=1S/C17H16ClNO4/c1-11(16(21)19-14-9-7-13(18)8-10-14)23-17(22)15(20)12-5-3-2-4-6-12/h2-11,15,20H,1H3,(H,19,21)/t11-,15-/m1/s1. The highest BCUT2D eigenvalue weighted by atomic mass is 35.5. The summed E-state index contributed by atoms with van der Waals surface area (Å²) in [6, 6.07) is 14.9. The second-order valence-corrected chi connectivity index (χ2v) is 5.32. The number of carbonyl (C=O) groups is 2. The molecule has 2 N–H and O–H groups in total. The first kappa shape index (κ1) is 17.0. The zero-order valence-electron chi connectivity index (χ0n) is 12.4. The van der Waals surface area contributed by atoms with Crippen molar-refractivity contribution >= 4 is 29.2 Å². The van der Waals surface area contributed by atoms with Crippen molar-refractivity contribution < 1.29 is 19.4 Å². The lowest BCUT2D eigenvalue weighted by Gasteiger charge is -2.16. The van der Waals surface area contributed by atoms with Gasteiger partial charge in [-0.3, -0.25) is 4.79 Å². The van der Waals surface area contributed by atoms with Gasteiger partial charge in [0.05, 0.1) is 0 Å². The van der Waals surface area contributed by atoms with Crippen LogP contribution in [-0.4, -0.2) is 23.1 Å². The van der Waals surface area contributed by atoms with Crippen molar-refractivity contribution in [3.8, 4) is 0 Å². The average molecular weight is 334 g/mol. The normalized spacial score (nSPS) is 13.0. The third-order valence-corrected chi connectivity index (χ3v) is 3.36. The molecule has 0 unspecified atom stereocenters. The summed E-state index contributed by atoms with van der Waals surface area (Å²) in [5.74, 6) is -1.38. The summed E-state index contributed by atoms with van der Waals surface area (Å²) in [6.07, 6.45) is -2.47. The maximum atomic E-state index is 12.0. The molecule has 0 aliphatic rings. The van der Waals surface area contributed by atoms with E-state index in [4.69, 9.17) is 16.3 Å². The lowest BCUT2D eigenvalue weighted by Crippen LogP contribution is -2.31. The Morgan fingerprint density at radius 3 is 2.30 bits per heavy atom. The van der Waals surface area contributed by atoms with Crippen LogP contribution in [0.3, 0.4) is 0 Å².